The molecule has 47 heavy (non-hydrogen) atoms. The predicted octanol–water partition coefficient (Wildman–Crippen LogP) is 6.29. The number of hydrogen-bond acceptors (Lipinski definition) is 8. The summed E-state index contributed by atoms with van der Waals surface area (Å²) < 4.78 is 28.7. The number of rotatable bonds is 15. The molecule has 2 N–H and O–H groups in total. The molecule has 0 radical (unpaired) electrons. The molecule has 0 bridgehead atoms. The fraction of sp³-hybridized carbons (Fsp3) is 0.263. The highest BCUT2D eigenvalue weighted by molar-refractivity contribution is 6.01. The molecule has 9 heteroatoms. The number of carbonyl (C=O) groups excluding carboxylic acids is 1. The largest absolute Gasteiger partial charge is 0.494 e. The smallest absolute Gasteiger partial charge is 0.252 e. The summed E-state index contributed by atoms with van der Waals surface area (Å²) in [6.07, 6.45) is 1.72. The predicted molar refractivity (Wildman–Crippen MR) is 181 cm³/mol. The lowest BCUT2D eigenvalue weighted by atomic mass is 9.84. The molecule has 5 rings (SSSR count). The number of aliphatic imine (C=N–C) groups is 1. The monoisotopic (exact) mass is 636 g/mol. The van der Waals surface area contributed by atoms with Gasteiger partial charge in [0.05, 0.1) is 27.9 Å². The first-order valence-electron chi connectivity index (χ1n) is 15.4. The lowest BCUT2D eigenvalue weighted by molar-refractivity contribution is -0.129. The van der Waals surface area contributed by atoms with E-state index < -0.39 is 11.6 Å². The van der Waals surface area contributed by atoms with E-state index in [4.69, 9.17) is 33.8 Å². The van der Waals surface area contributed by atoms with Crippen molar-refractivity contribution in [3.8, 4) is 34.1 Å². The van der Waals surface area contributed by atoms with Gasteiger partial charge in [-0.1, -0.05) is 60.7 Å². The van der Waals surface area contributed by atoms with Crippen LogP contribution in [0.5, 0.6) is 23.0 Å². The van der Waals surface area contributed by atoms with Crippen molar-refractivity contribution in [1.29, 1.82) is 0 Å². The number of carbonyl (C=O) groups is 1. The second kappa shape index (κ2) is 15.3. The summed E-state index contributed by atoms with van der Waals surface area (Å²) in [6, 6.07) is 29.0. The van der Waals surface area contributed by atoms with E-state index in [1.54, 1.807) is 39.5 Å². The van der Waals surface area contributed by atoms with Crippen molar-refractivity contribution in [1.82, 2.24) is 5.32 Å². The zero-order valence-corrected chi connectivity index (χ0v) is 26.9. The van der Waals surface area contributed by atoms with Crippen LogP contribution in [0.3, 0.4) is 0 Å². The lowest BCUT2D eigenvalue weighted by Gasteiger charge is -2.30. The first kappa shape index (κ1) is 33.1. The normalized spacial score (nSPS) is 16.9. The maximum absolute atomic E-state index is 14.3. The second-order valence-corrected chi connectivity index (χ2v) is 11.0. The molecule has 0 saturated heterocycles. The Balaban J connectivity index is 1.49. The first-order chi connectivity index (χ1) is 23.0. The van der Waals surface area contributed by atoms with E-state index in [9.17, 15) is 4.79 Å². The number of ether oxygens (including phenoxy) is 5. The Kier molecular flexibility index (Phi) is 10.8. The van der Waals surface area contributed by atoms with Crippen LogP contribution in [-0.4, -0.2) is 57.0 Å². The molecule has 4 aromatic carbocycles. The summed E-state index contributed by atoms with van der Waals surface area (Å²) in [6.45, 7) is 4.62. The van der Waals surface area contributed by atoms with Crippen LogP contribution in [0.4, 0.5) is 0 Å². The van der Waals surface area contributed by atoms with Gasteiger partial charge >= 0.3 is 0 Å². The zero-order chi connectivity index (χ0) is 33.2. The minimum Gasteiger partial charge on any atom is -0.494 e. The molecule has 0 spiro atoms. The third-order valence-corrected chi connectivity index (χ3v) is 7.98. The van der Waals surface area contributed by atoms with E-state index in [1.165, 1.54) is 0 Å². The molecule has 9 nitrogen and oxygen atoms in total. The van der Waals surface area contributed by atoms with Crippen molar-refractivity contribution in [2.24, 2.45) is 4.99 Å². The van der Waals surface area contributed by atoms with Crippen LogP contribution in [0.25, 0.3) is 11.1 Å². The van der Waals surface area contributed by atoms with Crippen LogP contribution in [0, 0.1) is 0 Å². The Bertz CT molecular complexity index is 1660. The molecule has 0 saturated carbocycles. The molecule has 1 heterocycles. The van der Waals surface area contributed by atoms with Crippen molar-refractivity contribution >= 4 is 11.8 Å². The average molecular weight is 637 g/mol. The van der Waals surface area contributed by atoms with E-state index in [1.807, 2.05) is 66.7 Å². The number of nitrogens with one attached hydrogen (secondary N) is 1. The molecule has 1 amide bonds. The summed E-state index contributed by atoms with van der Waals surface area (Å²) in [7, 11) is 4.64. The summed E-state index contributed by atoms with van der Waals surface area (Å²) in [5.74, 6) is 2.13. The highest BCUT2D eigenvalue weighted by Gasteiger charge is 2.52. The number of methoxy groups -OCH3 is 3. The van der Waals surface area contributed by atoms with Gasteiger partial charge in [-0.05, 0) is 58.7 Å². The van der Waals surface area contributed by atoms with Gasteiger partial charge in [-0.25, -0.2) is 4.99 Å². The topological polar surface area (TPSA) is 108 Å². The average Bonchev–Trinajstić information content (AvgIpc) is 3.51. The molecule has 0 aromatic heterocycles. The number of benzene rings is 4. The summed E-state index contributed by atoms with van der Waals surface area (Å²) in [5, 5.41) is 12.2. The maximum Gasteiger partial charge on any atom is 0.252 e. The van der Waals surface area contributed by atoms with E-state index in [-0.39, 0.29) is 25.5 Å². The summed E-state index contributed by atoms with van der Waals surface area (Å²) in [4.78, 5) is 19.3. The van der Waals surface area contributed by atoms with Gasteiger partial charge in [-0.2, -0.15) is 0 Å². The van der Waals surface area contributed by atoms with Crippen LogP contribution in [0.1, 0.15) is 35.6 Å². The number of hydrogen-bond donors (Lipinski definition) is 2. The van der Waals surface area contributed by atoms with E-state index >= 15 is 0 Å². The van der Waals surface area contributed by atoms with Gasteiger partial charge in [0, 0.05) is 31.6 Å². The zero-order valence-electron chi connectivity index (χ0n) is 26.9. The Hall–Kier alpha value is -5.28. The molecule has 1 aliphatic rings. The molecule has 1 aliphatic heterocycles. The van der Waals surface area contributed by atoms with E-state index in [0.717, 1.165) is 22.3 Å². The first-order valence-corrected chi connectivity index (χ1v) is 15.4. The second-order valence-electron chi connectivity index (χ2n) is 11.0. The summed E-state index contributed by atoms with van der Waals surface area (Å²) >= 11 is 0. The van der Waals surface area contributed by atoms with Crippen LogP contribution in [0.15, 0.2) is 109 Å². The van der Waals surface area contributed by atoms with Gasteiger partial charge in [0.25, 0.3) is 5.91 Å². The Morgan fingerprint density at radius 2 is 1.55 bits per heavy atom. The van der Waals surface area contributed by atoms with Crippen molar-refractivity contribution < 1.29 is 33.6 Å². The fourth-order valence-electron chi connectivity index (χ4n) is 5.59. The van der Waals surface area contributed by atoms with Crippen LogP contribution in [-0.2, 0) is 16.1 Å². The standard InChI is InChI=1S/C38H40N2O7/c1-5-20-38(37(42)39-25-26-23-32(43-2)34(45-4)33(24-26)44-3)35(29-14-12-28(13-15-29)27-10-7-6-8-11-27)47-36(40-38)30-16-18-31(19-17-30)46-22-9-21-41/h5-8,10-19,23-24,35,41H,1,9,20-22,25H2,2-4H3,(H,39,42)/t35-,38-/m1/s1. The minimum absolute atomic E-state index is 0.0590. The van der Waals surface area contributed by atoms with Gasteiger partial charge in [0.1, 0.15) is 5.75 Å². The quantitative estimate of drug-likeness (QED) is 0.117. The van der Waals surface area contributed by atoms with Gasteiger partial charge in [0.15, 0.2) is 23.1 Å². The van der Waals surface area contributed by atoms with Crippen molar-refractivity contribution in [2.45, 2.75) is 31.0 Å². The van der Waals surface area contributed by atoms with Gasteiger partial charge in [-0.15, -0.1) is 6.58 Å². The molecule has 0 unspecified atom stereocenters. The molecule has 0 aliphatic carbocycles. The number of amides is 1. The van der Waals surface area contributed by atoms with Crippen LogP contribution in [0.2, 0.25) is 0 Å². The summed E-state index contributed by atoms with van der Waals surface area (Å²) in [5.41, 5.74) is 3.05. The lowest BCUT2D eigenvalue weighted by Crippen LogP contribution is -2.47. The fourth-order valence-corrected chi connectivity index (χ4v) is 5.59. The van der Waals surface area contributed by atoms with Gasteiger partial charge in [0.2, 0.25) is 11.6 Å². The molecule has 4 aromatic rings. The van der Waals surface area contributed by atoms with E-state index in [2.05, 4.69) is 24.0 Å². The third kappa shape index (κ3) is 7.26. The number of nitrogens with zero attached hydrogens (tertiary/aromatic N) is 1. The van der Waals surface area contributed by atoms with Crippen LogP contribution >= 0.6 is 0 Å². The maximum atomic E-state index is 14.3. The molecular formula is C38H40N2O7. The van der Waals surface area contributed by atoms with Crippen molar-refractivity contribution in [2.75, 3.05) is 34.5 Å². The molecule has 244 valence electrons. The Morgan fingerprint density at radius 1 is 0.915 bits per heavy atom. The molecule has 0 fully saturated rings. The molecule has 2 atom stereocenters. The Labute approximate surface area is 275 Å². The number of aliphatic hydroxyl groups is 1. The Morgan fingerprint density at radius 3 is 2.15 bits per heavy atom. The van der Waals surface area contributed by atoms with Gasteiger partial charge < -0.3 is 34.1 Å². The SMILES string of the molecule is C=CC[C@@]1(C(=O)NCc2cc(OC)c(OC)c(OC)c2)N=C(c2ccc(OCCCO)cc2)O[C@@H]1c1ccc(-c2ccccc2)cc1. The van der Waals surface area contributed by atoms with Crippen LogP contribution < -0.4 is 24.3 Å². The highest BCUT2D eigenvalue weighted by atomic mass is 16.5. The van der Waals surface area contributed by atoms with Gasteiger partial charge in [-0.3, -0.25) is 4.79 Å². The van der Waals surface area contributed by atoms with Crippen molar-refractivity contribution in [3.05, 3.63) is 120 Å². The minimum atomic E-state index is -1.34. The molecular weight excluding hydrogens is 596 g/mol. The number of aliphatic hydroxyl groups excluding tert-OH is 1. The highest BCUT2D eigenvalue weighted by Crippen LogP contribution is 2.44. The van der Waals surface area contributed by atoms with Crippen molar-refractivity contribution in [3.63, 3.8) is 0 Å². The van der Waals surface area contributed by atoms with E-state index in [0.29, 0.717) is 47.5 Å². The third-order valence-electron chi connectivity index (χ3n) is 7.98.